The summed E-state index contributed by atoms with van der Waals surface area (Å²) in [4.78, 5) is 3.87. The van der Waals surface area contributed by atoms with E-state index in [0.717, 1.165) is 10.0 Å². The third kappa shape index (κ3) is 4.74. The second-order valence-corrected chi connectivity index (χ2v) is 5.05. The van der Waals surface area contributed by atoms with Gasteiger partial charge in [0, 0.05) is 5.41 Å². The molecule has 1 rings (SSSR count). The van der Waals surface area contributed by atoms with Gasteiger partial charge in [-0.3, -0.25) is 0 Å². The third-order valence-electron chi connectivity index (χ3n) is 1.51. The molecule has 0 fully saturated rings. The first kappa shape index (κ1) is 14.6. The molecule has 1 heterocycles. The van der Waals surface area contributed by atoms with Gasteiger partial charge >= 0.3 is 0 Å². The molecule has 0 saturated heterocycles. The fourth-order valence-electron chi connectivity index (χ4n) is 0.780. The Labute approximate surface area is 110 Å². The Morgan fingerprint density at radius 3 is 2.33 bits per heavy atom. The zero-order valence-electron chi connectivity index (χ0n) is 9.02. The number of halogens is 1. The number of rotatable bonds is 2. The van der Waals surface area contributed by atoms with Crippen molar-refractivity contribution < 1.29 is 0 Å². The quantitative estimate of drug-likeness (QED) is 0.481. The van der Waals surface area contributed by atoms with E-state index in [4.69, 9.17) is 11.5 Å². The summed E-state index contributed by atoms with van der Waals surface area (Å²) in [7, 11) is 0. The minimum Gasteiger partial charge on any atom is -0.370 e. The summed E-state index contributed by atoms with van der Waals surface area (Å²) < 4.78 is 0. The smallest absolute Gasteiger partial charge is 0.186 e. The van der Waals surface area contributed by atoms with E-state index in [9.17, 15) is 0 Å². The second-order valence-electron chi connectivity index (χ2n) is 3.99. The maximum Gasteiger partial charge on any atom is 0.186 e. The number of guanidine groups is 1. The standard InChI is InChI=1S/C8H15N5S.HI/c1-8(2,3)6-13-12-5(14-6)4-11-7(9)10;/h4H2,1-3H3,(H4,9,10,11);1H. The van der Waals surface area contributed by atoms with Crippen molar-refractivity contribution >= 4 is 41.3 Å². The number of aliphatic imine (C=N–C) groups is 1. The van der Waals surface area contributed by atoms with E-state index in [0.29, 0.717) is 6.54 Å². The summed E-state index contributed by atoms with van der Waals surface area (Å²) in [6, 6.07) is 0. The molecule has 0 aliphatic rings. The molecule has 1 aromatic rings. The fraction of sp³-hybridized carbons (Fsp3) is 0.625. The van der Waals surface area contributed by atoms with Gasteiger partial charge in [0.2, 0.25) is 0 Å². The van der Waals surface area contributed by atoms with Crippen molar-refractivity contribution in [3.05, 3.63) is 10.0 Å². The molecule has 5 nitrogen and oxygen atoms in total. The molecule has 0 bridgehead atoms. The van der Waals surface area contributed by atoms with Crippen LogP contribution in [-0.2, 0) is 12.0 Å². The Hall–Kier alpha value is -0.440. The summed E-state index contributed by atoms with van der Waals surface area (Å²) >= 11 is 1.54. The van der Waals surface area contributed by atoms with Crippen LogP contribution in [-0.4, -0.2) is 16.2 Å². The van der Waals surface area contributed by atoms with Crippen LogP contribution in [0.25, 0.3) is 0 Å². The number of aromatic nitrogens is 2. The van der Waals surface area contributed by atoms with Crippen molar-refractivity contribution in [2.24, 2.45) is 16.5 Å². The Morgan fingerprint density at radius 2 is 1.93 bits per heavy atom. The molecule has 4 N–H and O–H groups in total. The van der Waals surface area contributed by atoms with Crippen LogP contribution < -0.4 is 11.5 Å². The zero-order valence-corrected chi connectivity index (χ0v) is 12.2. The summed E-state index contributed by atoms with van der Waals surface area (Å²) in [5, 5.41) is 9.92. The lowest BCUT2D eigenvalue weighted by atomic mass is 9.98. The number of hydrogen-bond acceptors (Lipinski definition) is 4. The van der Waals surface area contributed by atoms with E-state index in [1.807, 2.05) is 0 Å². The van der Waals surface area contributed by atoms with Crippen LogP contribution in [0.1, 0.15) is 30.8 Å². The minimum absolute atomic E-state index is 0. The molecule has 86 valence electrons. The van der Waals surface area contributed by atoms with Gasteiger partial charge in [-0.15, -0.1) is 34.2 Å². The van der Waals surface area contributed by atoms with Crippen LogP contribution in [0.3, 0.4) is 0 Å². The molecule has 0 radical (unpaired) electrons. The van der Waals surface area contributed by atoms with Crippen molar-refractivity contribution in [2.75, 3.05) is 0 Å². The maximum absolute atomic E-state index is 5.22. The highest BCUT2D eigenvalue weighted by molar-refractivity contribution is 14.0. The van der Waals surface area contributed by atoms with Gasteiger partial charge < -0.3 is 11.5 Å². The Morgan fingerprint density at radius 1 is 1.33 bits per heavy atom. The molecule has 15 heavy (non-hydrogen) atoms. The summed E-state index contributed by atoms with van der Waals surface area (Å²) in [5.74, 6) is 0.0810. The topological polar surface area (TPSA) is 90.2 Å². The van der Waals surface area contributed by atoms with Gasteiger partial charge in [0.15, 0.2) is 5.96 Å². The van der Waals surface area contributed by atoms with Gasteiger partial charge in [0.1, 0.15) is 10.0 Å². The van der Waals surface area contributed by atoms with Crippen LogP contribution in [0.15, 0.2) is 4.99 Å². The molecule has 0 aromatic carbocycles. The summed E-state index contributed by atoms with van der Waals surface area (Å²) in [6.45, 7) is 6.70. The van der Waals surface area contributed by atoms with Crippen molar-refractivity contribution in [1.29, 1.82) is 0 Å². The lowest BCUT2D eigenvalue weighted by Crippen LogP contribution is -2.22. The predicted octanol–water partition coefficient (Wildman–Crippen LogP) is 1.23. The number of hydrogen-bond donors (Lipinski definition) is 2. The lowest BCUT2D eigenvalue weighted by molar-refractivity contribution is 0.577. The summed E-state index contributed by atoms with van der Waals surface area (Å²) in [6.07, 6.45) is 0. The average molecular weight is 341 g/mol. The Kier molecular flexibility index (Phi) is 5.43. The van der Waals surface area contributed by atoms with E-state index in [1.54, 1.807) is 11.3 Å². The van der Waals surface area contributed by atoms with Crippen LogP contribution in [0.2, 0.25) is 0 Å². The molecule has 0 amide bonds. The third-order valence-corrected chi connectivity index (χ3v) is 2.84. The van der Waals surface area contributed by atoms with E-state index >= 15 is 0 Å². The first-order valence-electron chi connectivity index (χ1n) is 4.28. The van der Waals surface area contributed by atoms with Gasteiger partial charge in [-0.2, -0.15) is 0 Å². The molecule has 0 unspecified atom stereocenters. The molecule has 7 heteroatoms. The molecule has 0 aliphatic carbocycles. The van der Waals surface area contributed by atoms with Gasteiger partial charge in [-0.25, -0.2) is 4.99 Å². The number of nitrogens with two attached hydrogens (primary N) is 2. The highest BCUT2D eigenvalue weighted by Gasteiger charge is 2.18. The van der Waals surface area contributed by atoms with Crippen molar-refractivity contribution in [3.63, 3.8) is 0 Å². The Bertz CT molecular complexity index is 337. The van der Waals surface area contributed by atoms with E-state index in [-0.39, 0.29) is 35.4 Å². The molecule has 0 atom stereocenters. The molecule has 0 saturated carbocycles. The fourth-order valence-corrected chi connectivity index (χ4v) is 1.60. The van der Waals surface area contributed by atoms with Crippen LogP contribution >= 0.6 is 35.3 Å². The van der Waals surface area contributed by atoms with Crippen molar-refractivity contribution in [1.82, 2.24) is 10.2 Å². The molecular weight excluding hydrogens is 325 g/mol. The van der Waals surface area contributed by atoms with Gasteiger partial charge in [0.05, 0.1) is 6.54 Å². The molecule has 0 spiro atoms. The lowest BCUT2D eigenvalue weighted by Gasteiger charge is -2.12. The summed E-state index contributed by atoms with van der Waals surface area (Å²) in [5.41, 5.74) is 10.5. The van der Waals surface area contributed by atoms with Gasteiger partial charge in [-0.1, -0.05) is 32.1 Å². The first-order chi connectivity index (χ1) is 6.39. The maximum atomic E-state index is 5.22. The monoisotopic (exact) mass is 341 g/mol. The SMILES string of the molecule is CC(C)(C)c1nnc(CN=C(N)N)s1.I. The van der Waals surface area contributed by atoms with Crippen LogP contribution in [0, 0.1) is 0 Å². The van der Waals surface area contributed by atoms with Crippen molar-refractivity contribution in [2.45, 2.75) is 32.7 Å². The zero-order chi connectivity index (χ0) is 10.8. The van der Waals surface area contributed by atoms with E-state index in [1.165, 1.54) is 0 Å². The largest absolute Gasteiger partial charge is 0.370 e. The van der Waals surface area contributed by atoms with Crippen molar-refractivity contribution in [3.8, 4) is 0 Å². The second kappa shape index (κ2) is 5.59. The van der Waals surface area contributed by atoms with E-state index < -0.39 is 0 Å². The highest BCUT2D eigenvalue weighted by atomic mass is 127. The van der Waals surface area contributed by atoms with E-state index in [2.05, 4.69) is 36.0 Å². The molecule has 1 aromatic heterocycles. The molecular formula is C8H16IN5S. The predicted molar refractivity (Wildman–Crippen MR) is 73.5 cm³/mol. The minimum atomic E-state index is 0. The first-order valence-corrected chi connectivity index (χ1v) is 5.09. The normalized spacial score (nSPS) is 10.6. The number of nitrogens with zero attached hydrogens (tertiary/aromatic N) is 3. The average Bonchev–Trinajstić information content (AvgIpc) is 2.47. The van der Waals surface area contributed by atoms with Crippen LogP contribution in [0.4, 0.5) is 0 Å². The molecule has 0 aliphatic heterocycles. The Balaban J connectivity index is 0.00000196. The highest BCUT2D eigenvalue weighted by Crippen LogP contribution is 2.25. The van der Waals surface area contributed by atoms with Gasteiger partial charge in [0.25, 0.3) is 0 Å². The van der Waals surface area contributed by atoms with Crippen LogP contribution in [0.5, 0.6) is 0 Å². The van der Waals surface area contributed by atoms with Gasteiger partial charge in [-0.05, 0) is 0 Å².